The smallest absolute Gasteiger partial charge is 0.408 e. The summed E-state index contributed by atoms with van der Waals surface area (Å²) in [6, 6.07) is 25.0. The molecule has 0 spiro atoms. The fourth-order valence-electron chi connectivity index (χ4n) is 4.49. The van der Waals surface area contributed by atoms with Gasteiger partial charge in [-0.15, -0.1) is 0 Å². The highest BCUT2D eigenvalue weighted by Gasteiger charge is 2.35. The molecule has 1 aromatic heterocycles. The molecule has 0 radical (unpaired) electrons. The molecule has 3 aromatic carbocycles. The summed E-state index contributed by atoms with van der Waals surface area (Å²) in [6.45, 7) is 8.11. The predicted octanol–water partition coefficient (Wildman–Crippen LogP) is 5.02. The van der Waals surface area contributed by atoms with Crippen LogP contribution in [0.2, 0.25) is 0 Å². The summed E-state index contributed by atoms with van der Waals surface area (Å²) in [4.78, 5) is 57.1. The van der Waals surface area contributed by atoms with Gasteiger partial charge in [0, 0.05) is 6.20 Å². The molecule has 4 aromatic rings. The molecule has 1 heterocycles. The molecule has 3 amide bonds. The van der Waals surface area contributed by atoms with Gasteiger partial charge < -0.3 is 34.7 Å². The largest absolute Gasteiger partial charge is 0.444 e. The summed E-state index contributed by atoms with van der Waals surface area (Å²) in [5, 5.41) is 7.93. The predicted molar refractivity (Wildman–Crippen MR) is 179 cm³/mol. The second kappa shape index (κ2) is 15.9. The fourth-order valence-corrected chi connectivity index (χ4v) is 4.49. The molecule has 0 aliphatic heterocycles. The SMILES string of the molecule is CC(C)(C)OC(=O)NC(C)(C)C(=O)N[C@H](COCc1ccccc1)C(=O)Nc1cn(C(C(=O)Oc2ccccc2)c2ccccc2)cn1. The third-order valence-electron chi connectivity index (χ3n) is 6.85. The average molecular weight is 656 g/mol. The number of benzene rings is 3. The number of carbonyl (C=O) groups excluding carboxylic acids is 4. The molecule has 0 fully saturated rings. The van der Waals surface area contributed by atoms with Gasteiger partial charge in [0.05, 0.1) is 19.5 Å². The van der Waals surface area contributed by atoms with E-state index in [0.29, 0.717) is 11.3 Å². The third-order valence-corrected chi connectivity index (χ3v) is 6.85. The molecule has 12 heteroatoms. The van der Waals surface area contributed by atoms with Crippen LogP contribution in [0.4, 0.5) is 10.6 Å². The number of carbonyl (C=O) groups is 4. The van der Waals surface area contributed by atoms with Gasteiger partial charge in [-0.05, 0) is 57.9 Å². The summed E-state index contributed by atoms with van der Waals surface area (Å²) < 4.78 is 18.3. The molecule has 0 aliphatic rings. The summed E-state index contributed by atoms with van der Waals surface area (Å²) >= 11 is 0. The van der Waals surface area contributed by atoms with Gasteiger partial charge in [0.25, 0.3) is 5.91 Å². The van der Waals surface area contributed by atoms with Crippen molar-refractivity contribution < 1.29 is 33.4 Å². The zero-order valence-electron chi connectivity index (χ0n) is 27.6. The van der Waals surface area contributed by atoms with Crippen LogP contribution >= 0.6 is 0 Å². The van der Waals surface area contributed by atoms with Gasteiger partial charge in [-0.1, -0.05) is 78.9 Å². The Morgan fingerprint density at radius 2 is 1.44 bits per heavy atom. The molecule has 0 saturated heterocycles. The number of anilines is 1. The van der Waals surface area contributed by atoms with Crippen molar-refractivity contribution in [1.29, 1.82) is 0 Å². The highest BCUT2D eigenvalue weighted by Crippen LogP contribution is 2.23. The number of ether oxygens (including phenoxy) is 3. The number of alkyl carbamates (subject to hydrolysis) is 1. The van der Waals surface area contributed by atoms with Crippen molar-refractivity contribution >= 4 is 29.7 Å². The first-order chi connectivity index (χ1) is 22.8. The molecule has 0 saturated carbocycles. The molecule has 3 N–H and O–H groups in total. The van der Waals surface area contributed by atoms with Crippen molar-refractivity contribution in [2.45, 2.75) is 64.4 Å². The summed E-state index contributed by atoms with van der Waals surface area (Å²) in [7, 11) is 0. The molecule has 2 atom stereocenters. The van der Waals surface area contributed by atoms with Gasteiger partial charge in [-0.3, -0.25) is 9.59 Å². The number of rotatable bonds is 13. The quantitative estimate of drug-likeness (QED) is 0.134. The standard InChI is InChI=1S/C36H41N5O7/c1-35(2,3)48-34(45)40-36(4,5)33(44)38-28(23-46-22-25-15-9-6-10-16-25)31(42)39-29-21-41(24-37-29)30(26-17-11-7-12-18-26)32(43)47-27-19-13-8-14-20-27/h6-21,24,28,30H,22-23H2,1-5H3,(H,38,44)(H,39,42)(H,40,45)/t28-,30?/m1/s1. The van der Waals surface area contributed by atoms with E-state index in [1.165, 1.54) is 30.9 Å². The van der Waals surface area contributed by atoms with Crippen LogP contribution in [0.1, 0.15) is 51.8 Å². The van der Waals surface area contributed by atoms with Crippen LogP contribution in [0.25, 0.3) is 0 Å². The van der Waals surface area contributed by atoms with E-state index in [9.17, 15) is 19.2 Å². The maximum atomic E-state index is 13.6. The van der Waals surface area contributed by atoms with Crippen molar-refractivity contribution in [3.8, 4) is 5.75 Å². The molecule has 1 unspecified atom stereocenters. The number of hydrogen-bond donors (Lipinski definition) is 3. The minimum atomic E-state index is -1.44. The maximum absolute atomic E-state index is 13.6. The van der Waals surface area contributed by atoms with Crippen LogP contribution in [0.15, 0.2) is 104 Å². The average Bonchev–Trinajstić information content (AvgIpc) is 3.48. The number of nitrogens with zero attached hydrogens (tertiary/aromatic N) is 2. The normalized spacial score (nSPS) is 12.7. The van der Waals surface area contributed by atoms with Crippen LogP contribution in [-0.4, -0.2) is 57.2 Å². The number of imidazole rings is 1. The number of hydrogen-bond acceptors (Lipinski definition) is 8. The van der Waals surface area contributed by atoms with Gasteiger partial charge >= 0.3 is 12.1 Å². The lowest BCUT2D eigenvalue weighted by Crippen LogP contribution is -2.59. The first kappa shape index (κ1) is 35.4. The van der Waals surface area contributed by atoms with E-state index in [1.54, 1.807) is 69.3 Å². The Bertz CT molecular complexity index is 1670. The van der Waals surface area contributed by atoms with Crippen LogP contribution in [0.5, 0.6) is 5.75 Å². The first-order valence-corrected chi connectivity index (χ1v) is 15.4. The number of para-hydroxylation sites is 1. The molecule has 0 aliphatic carbocycles. The Labute approximate surface area is 279 Å². The Morgan fingerprint density at radius 1 is 0.833 bits per heavy atom. The van der Waals surface area contributed by atoms with E-state index in [0.717, 1.165) is 5.56 Å². The molecule has 252 valence electrons. The lowest BCUT2D eigenvalue weighted by atomic mass is 10.0. The van der Waals surface area contributed by atoms with Crippen molar-refractivity contribution in [1.82, 2.24) is 20.2 Å². The van der Waals surface area contributed by atoms with Crippen LogP contribution in [0, 0.1) is 0 Å². The molecule has 12 nitrogen and oxygen atoms in total. The van der Waals surface area contributed by atoms with E-state index < -0.39 is 47.1 Å². The third kappa shape index (κ3) is 10.5. The van der Waals surface area contributed by atoms with E-state index in [-0.39, 0.29) is 19.0 Å². The Kier molecular flexibility index (Phi) is 11.7. The second-order valence-corrected chi connectivity index (χ2v) is 12.5. The van der Waals surface area contributed by atoms with Crippen molar-refractivity contribution in [3.05, 3.63) is 115 Å². The number of nitrogens with one attached hydrogen (secondary N) is 3. The summed E-state index contributed by atoms with van der Waals surface area (Å²) in [5.74, 6) is -1.31. The van der Waals surface area contributed by atoms with Crippen LogP contribution in [0.3, 0.4) is 0 Å². The fraction of sp³-hybridized carbons (Fsp3) is 0.306. The maximum Gasteiger partial charge on any atom is 0.408 e. The lowest BCUT2D eigenvalue weighted by molar-refractivity contribution is -0.136. The van der Waals surface area contributed by atoms with Gasteiger partial charge in [-0.2, -0.15) is 0 Å². The zero-order valence-corrected chi connectivity index (χ0v) is 27.6. The summed E-state index contributed by atoms with van der Waals surface area (Å²) in [5.41, 5.74) is -0.689. The van der Waals surface area contributed by atoms with Crippen molar-refractivity contribution in [2.24, 2.45) is 0 Å². The van der Waals surface area contributed by atoms with Crippen molar-refractivity contribution in [2.75, 3.05) is 11.9 Å². The van der Waals surface area contributed by atoms with Crippen LogP contribution in [-0.2, 0) is 30.5 Å². The lowest BCUT2D eigenvalue weighted by Gasteiger charge is -2.29. The Hall–Kier alpha value is -5.49. The van der Waals surface area contributed by atoms with Crippen molar-refractivity contribution in [3.63, 3.8) is 0 Å². The monoisotopic (exact) mass is 655 g/mol. The van der Waals surface area contributed by atoms with E-state index >= 15 is 0 Å². The van der Waals surface area contributed by atoms with Gasteiger partial charge in [0.15, 0.2) is 11.9 Å². The Morgan fingerprint density at radius 3 is 2.06 bits per heavy atom. The van der Waals surface area contributed by atoms with E-state index in [2.05, 4.69) is 20.9 Å². The highest BCUT2D eigenvalue weighted by atomic mass is 16.6. The molecular weight excluding hydrogens is 614 g/mol. The Balaban J connectivity index is 1.51. The first-order valence-electron chi connectivity index (χ1n) is 15.4. The summed E-state index contributed by atoms with van der Waals surface area (Å²) in [6.07, 6.45) is 2.13. The topological polar surface area (TPSA) is 150 Å². The van der Waals surface area contributed by atoms with E-state index in [4.69, 9.17) is 14.2 Å². The van der Waals surface area contributed by atoms with Crippen LogP contribution < -0.4 is 20.7 Å². The second-order valence-electron chi connectivity index (χ2n) is 12.5. The molecule has 48 heavy (non-hydrogen) atoms. The minimum Gasteiger partial charge on any atom is -0.444 e. The van der Waals surface area contributed by atoms with Gasteiger partial charge in [-0.25, -0.2) is 14.6 Å². The minimum absolute atomic E-state index is 0.127. The number of amides is 3. The van der Waals surface area contributed by atoms with E-state index in [1.807, 2.05) is 42.5 Å². The zero-order chi connectivity index (χ0) is 34.7. The van der Waals surface area contributed by atoms with Gasteiger partial charge in [0.2, 0.25) is 5.91 Å². The number of esters is 1. The molecular formula is C36H41N5O7. The number of aromatic nitrogens is 2. The molecule has 0 bridgehead atoms. The van der Waals surface area contributed by atoms with Gasteiger partial charge in [0.1, 0.15) is 22.9 Å². The highest BCUT2D eigenvalue weighted by molar-refractivity contribution is 5.98. The molecule has 4 rings (SSSR count).